The molecule has 0 radical (unpaired) electrons. The summed E-state index contributed by atoms with van der Waals surface area (Å²) in [6.07, 6.45) is -5.09. The van der Waals surface area contributed by atoms with Crippen LogP contribution in [0.4, 0.5) is 42.6 Å². The molecule has 0 unspecified atom stereocenters. The van der Waals surface area contributed by atoms with E-state index >= 15 is 8.78 Å². The number of halogens is 6. The van der Waals surface area contributed by atoms with E-state index in [1.54, 1.807) is 0 Å². The monoisotopic (exact) mass is 667 g/mol. The first kappa shape index (κ1) is 31.8. The van der Waals surface area contributed by atoms with Gasteiger partial charge >= 0.3 is 18.3 Å². The summed E-state index contributed by atoms with van der Waals surface area (Å²) in [5.41, 5.74) is -3.01. The van der Waals surface area contributed by atoms with Gasteiger partial charge < -0.3 is 24.2 Å². The molecule has 248 valence electrons. The predicted molar refractivity (Wildman–Crippen MR) is 152 cm³/mol. The number of hydrogen-bond donors (Lipinski definition) is 1. The molecule has 2 atom stereocenters. The number of amides is 1. The minimum Gasteiger partial charge on any atom is -0.468 e. The van der Waals surface area contributed by atoms with Gasteiger partial charge in [-0.3, -0.25) is 15.0 Å². The Labute approximate surface area is 260 Å². The molecule has 2 aliphatic rings. The smallest absolute Gasteiger partial charge is 0.422 e. The Morgan fingerprint density at radius 1 is 1.06 bits per heavy atom. The van der Waals surface area contributed by atoms with Crippen LogP contribution in [0.15, 0.2) is 30.3 Å². The van der Waals surface area contributed by atoms with Crippen LogP contribution in [0.2, 0.25) is 0 Å². The number of nitro benzene ring substituents is 1. The van der Waals surface area contributed by atoms with Crippen LogP contribution in [0.25, 0.3) is 32.8 Å². The van der Waals surface area contributed by atoms with Gasteiger partial charge in [-0.15, -0.1) is 0 Å². The molecule has 1 N–H and O–H groups in total. The molecule has 1 amide bonds. The summed E-state index contributed by atoms with van der Waals surface area (Å²) in [7, 11) is 1.30. The fourth-order valence-electron chi connectivity index (χ4n) is 6.19. The first-order chi connectivity index (χ1) is 22.3. The molecule has 2 bridgehead atoms. The highest BCUT2D eigenvalue weighted by Crippen LogP contribution is 2.45. The van der Waals surface area contributed by atoms with Crippen molar-refractivity contribution in [3.8, 4) is 22.9 Å². The normalized spacial score (nSPS) is 17.9. The van der Waals surface area contributed by atoms with E-state index in [0.717, 1.165) is 24.3 Å². The number of piperazine rings is 1. The van der Waals surface area contributed by atoms with Crippen molar-refractivity contribution < 1.29 is 55.4 Å². The summed E-state index contributed by atoms with van der Waals surface area (Å²) in [5, 5.41) is 21.3. The van der Waals surface area contributed by atoms with E-state index in [1.165, 1.54) is 23.0 Å². The molecule has 3 heterocycles. The molecule has 18 heteroatoms. The number of ether oxygens (including phenoxy) is 3. The van der Waals surface area contributed by atoms with Crippen LogP contribution in [0, 0.1) is 27.6 Å². The van der Waals surface area contributed by atoms with Crippen molar-refractivity contribution in [2.45, 2.75) is 31.1 Å². The lowest BCUT2D eigenvalue weighted by Crippen LogP contribution is -2.55. The largest absolute Gasteiger partial charge is 0.468 e. The summed E-state index contributed by atoms with van der Waals surface area (Å²) >= 11 is 0. The Bertz CT molecular complexity index is 1910. The Morgan fingerprint density at radius 3 is 2.38 bits per heavy atom. The Kier molecular flexibility index (Phi) is 8.06. The SMILES string of the molecule is COCOc1cc(-c2c([N+](=O)[O-])cc3c(N4C[C@H]5CC[C@@H](C4)N5C(=O)O)nc(OCC(F)(F)F)nc3c2F)c2c(F)c(F)ccc2c1. The van der Waals surface area contributed by atoms with Crippen molar-refractivity contribution in [2.24, 2.45) is 0 Å². The third-order valence-corrected chi connectivity index (χ3v) is 8.03. The van der Waals surface area contributed by atoms with E-state index in [2.05, 4.69) is 9.97 Å². The number of hydrogen-bond acceptors (Lipinski definition) is 9. The van der Waals surface area contributed by atoms with Gasteiger partial charge in [-0.2, -0.15) is 23.1 Å². The molecule has 2 saturated heterocycles. The highest BCUT2D eigenvalue weighted by atomic mass is 19.4. The summed E-state index contributed by atoms with van der Waals surface area (Å²) in [4.78, 5) is 34.0. The average molecular weight is 668 g/mol. The van der Waals surface area contributed by atoms with Gasteiger partial charge in [-0.1, -0.05) is 6.07 Å². The number of nitro groups is 1. The molecular weight excluding hydrogens is 644 g/mol. The van der Waals surface area contributed by atoms with Gasteiger partial charge in [-0.05, 0) is 36.4 Å². The molecule has 2 fully saturated rings. The van der Waals surface area contributed by atoms with Gasteiger partial charge in [0.15, 0.2) is 30.9 Å². The molecule has 47 heavy (non-hydrogen) atoms. The van der Waals surface area contributed by atoms with Gasteiger partial charge in [0.2, 0.25) is 0 Å². The quantitative estimate of drug-likeness (QED) is 0.103. The topological polar surface area (TPSA) is 140 Å². The van der Waals surface area contributed by atoms with E-state index in [4.69, 9.17) is 14.2 Å². The van der Waals surface area contributed by atoms with Gasteiger partial charge in [0.1, 0.15) is 17.1 Å². The van der Waals surface area contributed by atoms with Crippen LogP contribution < -0.4 is 14.4 Å². The van der Waals surface area contributed by atoms with E-state index in [0.29, 0.717) is 12.8 Å². The highest BCUT2D eigenvalue weighted by molar-refractivity contribution is 6.04. The summed E-state index contributed by atoms with van der Waals surface area (Å²) in [6.45, 7) is -2.21. The molecule has 0 saturated carbocycles. The van der Waals surface area contributed by atoms with Crippen molar-refractivity contribution in [1.29, 1.82) is 0 Å². The maximum atomic E-state index is 16.8. The number of carboxylic acid groups (broad SMARTS) is 1. The lowest BCUT2D eigenvalue weighted by molar-refractivity contribution is -0.384. The number of fused-ring (bicyclic) bond motifs is 4. The van der Waals surface area contributed by atoms with Gasteiger partial charge in [0.25, 0.3) is 5.69 Å². The number of rotatable bonds is 8. The van der Waals surface area contributed by atoms with E-state index in [9.17, 15) is 37.6 Å². The number of methoxy groups -OCH3 is 1. The van der Waals surface area contributed by atoms with Gasteiger partial charge in [0.05, 0.1) is 28.0 Å². The number of alkyl halides is 3. The van der Waals surface area contributed by atoms with Crippen molar-refractivity contribution in [2.75, 3.05) is 38.5 Å². The van der Waals surface area contributed by atoms with Crippen LogP contribution in [-0.2, 0) is 4.74 Å². The maximum Gasteiger partial charge on any atom is 0.422 e. The number of aromatic nitrogens is 2. The lowest BCUT2D eigenvalue weighted by Gasteiger charge is -2.40. The number of carbonyl (C=O) groups is 1. The zero-order valence-electron chi connectivity index (χ0n) is 24.2. The fourth-order valence-corrected chi connectivity index (χ4v) is 6.19. The molecule has 0 aliphatic carbocycles. The van der Waals surface area contributed by atoms with Crippen LogP contribution in [0.5, 0.6) is 11.8 Å². The molecule has 2 aliphatic heterocycles. The third kappa shape index (κ3) is 5.84. The van der Waals surface area contributed by atoms with Gasteiger partial charge in [-0.25, -0.2) is 18.0 Å². The van der Waals surface area contributed by atoms with E-state index in [-0.39, 0.29) is 42.2 Å². The number of benzene rings is 3. The molecule has 6 rings (SSSR count). The minimum atomic E-state index is -4.84. The summed E-state index contributed by atoms with van der Waals surface area (Å²) in [6, 6.07) is 3.13. The zero-order chi connectivity index (χ0) is 33.8. The Morgan fingerprint density at radius 2 is 1.77 bits per heavy atom. The molecular formula is C29H23F6N5O7. The molecule has 4 aromatic rings. The van der Waals surface area contributed by atoms with Crippen molar-refractivity contribution >= 4 is 39.3 Å². The van der Waals surface area contributed by atoms with E-state index in [1.807, 2.05) is 0 Å². The lowest BCUT2D eigenvalue weighted by atomic mass is 9.94. The predicted octanol–water partition coefficient (Wildman–Crippen LogP) is 6.03. The standard InChI is InChI=1S/C29H23F6N5O7/c1-45-12-47-16-6-13-2-5-19(30)23(31)21(13)17(7-16)22-20(40(43)44)8-18-25(24(22)32)36-27(46-11-29(33,34)35)37-26(18)38-9-14-3-4-15(10-38)39(14)28(41)42/h2,5-8,14-15H,3-4,9-12H2,1H3,(H,41,42)/t14-,15+. The Hall–Kier alpha value is -5.13. The van der Waals surface area contributed by atoms with Crippen molar-refractivity contribution in [1.82, 2.24) is 14.9 Å². The second-order valence-corrected chi connectivity index (χ2v) is 10.9. The van der Waals surface area contributed by atoms with Gasteiger partial charge in [0, 0.05) is 37.2 Å². The summed E-state index contributed by atoms with van der Waals surface area (Å²) < 4.78 is 101. The van der Waals surface area contributed by atoms with E-state index < -0.39 is 87.1 Å². The van der Waals surface area contributed by atoms with Crippen LogP contribution >= 0.6 is 0 Å². The average Bonchev–Trinajstić information content (AvgIpc) is 3.29. The number of nitrogens with zero attached hydrogens (tertiary/aromatic N) is 5. The molecule has 12 nitrogen and oxygen atoms in total. The molecule has 3 aromatic carbocycles. The van der Waals surface area contributed by atoms with Crippen LogP contribution in [-0.4, -0.2) is 82.9 Å². The molecule has 1 aromatic heterocycles. The number of anilines is 1. The van der Waals surface area contributed by atoms with Crippen molar-refractivity contribution in [3.05, 3.63) is 57.9 Å². The summed E-state index contributed by atoms with van der Waals surface area (Å²) in [5.74, 6) is -4.54. The van der Waals surface area contributed by atoms with Crippen LogP contribution in [0.3, 0.4) is 0 Å². The van der Waals surface area contributed by atoms with Crippen molar-refractivity contribution in [3.63, 3.8) is 0 Å². The first-order valence-corrected chi connectivity index (χ1v) is 14.0. The zero-order valence-corrected chi connectivity index (χ0v) is 24.2. The fraction of sp³-hybridized carbons (Fsp3) is 0.345. The minimum absolute atomic E-state index is 0.0151. The third-order valence-electron chi connectivity index (χ3n) is 8.03. The second kappa shape index (κ2) is 11.9. The highest BCUT2D eigenvalue weighted by Gasteiger charge is 2.44. The first-order valence-electron chi connectivity index (χ1n) is 14.0. The second-order valence-electron chi connectivity index (χ2n) is 10.9. The molecule has 0 spiro atoms. The maximum absolute atomic E-state index is 16.8. The Balaban J connectivity index is 1.62. The van der Waals surface area contributed by atoms with Crippen LogP contribution in [0.1, 0.15) is 12.8 Å².